The van der Waals surface area contributed by atoms with Crippen LogP contribution in [0.2, 0.25) is 0 Å². The van der Waals surface area contributed by atoms with Crippen molar-refractivity contribution < 1.29 is 29.0 Å². The van der Waals surface area contributed by atoms with Crippen LogP contribution in [0.25, 0.3) is 6.08 Å². The van der Waals surface area contributed by atoms with Crippen molar-refractivity contribution in [1.82, 2.24) is 0 Å². The highest BCUT2D eigenvalue weighted by Crippen LogP contribution is 2.16. The number of esters is 2. The normalized spacial score (nSPS) is 10.8. The summed E-state index contributed by atoms with van der Waals surface area (Å²) >= 11 is 0. The van der Waals surface area contributed by atoms with Crippen LogP contribution in [0.4, 0.5) is 5.69 Å². The van der Waals surface area contributed by atoms with Gasteiger partial charge in [0.15, 0.2) is 0 Å². The molecule has 1 amide bonds. The Kier molecular flexibility index (Phi) is 6.10. The number of hydrogen-bond donors (Lipinski definition) is 2. The third-order valence-electron chi connectivity index (χ3n) is 3.40. The number of benzene rings is 2. The van der Waals surface area contributed by atoms with Crippen LogP contribution in [0.15, 0.2) is 54.1 Å². The van der Waals surface area contributed by atoms with E-state index < -0.39 is 17.8 Å². The zero-order valence-electron chi connectivity index (χ0n) is 14.2. The number of nitrogens with one attached hydrogen (secondary N) is 1. The monoisotopic (exact) mass is 355 g/mol. The van der Waals surface area contributed by atoms with Gasteiger partial charge in [-0.3, -0.25) is 4.79 Å². The molecular formula is C19H17NO6. The number of ether oxygens (including phenoxy) is 2. The number of carbonyl (C=O) groups excluding carboxylic acids is 3. The third kappa shape index (κ3) is 4.70. The average Bonchev–Trinajstić information content (AvgIpc) is 2.66. The predicted molar refractivity (Wildman–Crippen MR) is 94.5 cm³/mol. The Morgan fingerprint density at radius 1 is 1.00 bits per heavy atom. The van der Waals surface area contributed by atoms with Crippen molar-refractivity contribution in [3.8, 4) is 5.75 Å². The first-order chi connectivity index (χ1) is 12.4. The van der Waals surface area contributed by atoms with Crippen LogP contribution in [0.1, 0.15) is 15.9 Å². The molecule has 2 rings (SSSR count). The van der Waals surface area contributed by atoms with Gasteiger partial charge in [0.1, 0.15) is 11.3 Å². The standard InChI is InChI=1S/C19H17NO6/c1-25-18(23)13-4-3-5-14(11-13)20-17(22)16(19(24)26-2)10-12-6-8-15(21)9-7-12/h3-11,21H,1-2H3,(H,20,22). The Bertz CT molecular complexity index is 855. The van der Waals surface area contributed by atoms with E-state index in [1.54, 1.807) is 24.3 Å². The molecule has 0 aliphatic heterocycles. The van der Waals surface area contributed by atoms with E-state index in [0.29, 0.717) is 11.3 Å². The number of amides is 1. The molecule has 0 heterocycles. The molecule has 26 heavy (non-hydrogen) atoms. The van der Waals surface area contributed by atoms with Gasteiger partial charge in [-0.15, -0.1) is 0 Å². The van der Waals surface area contributed by atoms with Crippen molar-refractivity contribution in [2.24, 2.45) is 0 Å². The zero-order chi connectivity index (χ0) is 19.1. The molecule has 0 aliphatic carbocycles. The van der Waals surface area contributed by atoms with Gasteiger partial charge in [-0.2, -0.15) is 0 Å². The van der Waals surface area contributed by atoms with Gasteiger partial charge in [-0.1, -0.05) is 18.2 Å². The molecule has 0 aliphatic rings. The molecule has 0 atom stereocenters. The fourth-order valence-electron chi connectivity index (χ4n) is 2.10. The Hall–Kier alpha value is -3.61. The fraction of sp³-hybridized carbons (Fsp3) is 0.105. The van der Waals surface area contributed by atoms with Gasteiger partial charge in [-0.05, 0) is 42.0 Å². The minimum Gasteiger partial charge on any atom is -0.508 e. The lowest BCUT2D eigenvalue weighted by Gasteiger charge is -2.09. The highest BCUT2D eigenvalue weighted by Gasteiger charge is 2.19. The number of phenols is 1. The lowest BCUT2D eigenvalue weighted by atomic mass is 10.1. The first kappa shape index (κ1) is 18.7. The fourth-order valence-corrected chi connectivity index (χ4v) is 2.10. The van der Waals surface area contributed by atoms with Gasteiger partial charge in [0, 0.05) is 5.69 Å². The highest BCUT2D eigenvalue weighted by atomic mass is 16.5. The Morgan fingerprint density at radius 2 is 1.69 bits per heavy atom. The predicted octanol–water partition coefficient (Wildman–Crippen LogP) is 2.37. The van der Waals surface area contributed by atoms with E-state index in [4.69, 9.17) is 0 Å². The Balaban J connectivity index is 2.29. The first-order valence-corrected chi connectivity index (χ1v) is 7.53. The summed E-state index contributed by atoms with van der Waals surface area (Å²) < 4.78 is 9.29. The summed E-state index contributed by atoms with van der Waals surface area (Å²) in [6.07, 6.45) is 1.34. The van der Waals surface area contributed by atoms with E-state index >= 15 is 0 Å². The maximum atomic E-state index is 12.5. The number of rotatable bonds is 5. The second kappa shape index (κ2) is 8.48. The van der Waals surface area contributed by atoms with E-state index in [0.717, 1.165) is 7.11 Å². The second-order valence-electron chi connectivity index (χ2n) is 5.17. The van der Waals surface area contributed by atoms with Crippen molar-refractivity contribution in [1.29, 1.82) is 0 Å². The van der Waals surface area contributed by atoms with Gasteiger partial charge >= 0.3 is 11.9 Å². The number of phenolic OH excluding ortho intramolecular Hbond substituents is 1. The summed E-state index contributed by atoms with van der Waals surface area (Å²) in [5.74, 6) is -2.01. The number of anilines is 1. The maximum absolute atomic E-state index is 12.5. The number of hydrogen-bond acceptors (Lipinski definition) is 6. The molecule has 0 fully saturated rings. The molecule has 134 valence electrons. The summed E-state index contributed by atoms with van der Waals surface area (Å²) in [7, 11) is 2.42. The van der Waals surface area contributed by atoms with Crippen molar-refractivity contribution >= 4 is 29.6 Å². The minimum absolute atomic E-state index is 0.0610. The molecule has 2 N–H and O–H groups in total. The molecule has 7 nitrogen and oxygen atoms in total. The second-order valence-corrected chi connectivity index (χ2v) is 5.17. The topological polar surface area (TPSA) is 102 Å². The smallest absolute Gasteiger partial charge is 0.343 e. The maximum Gasteiger partial charge on any atom is 0.343 e. The van der Waals surface area contributed by atoms with Crippen molar-refractivity contribution in [3.63, 3.8) is 0 Å². The zero-order valence-corrected chi connectivity index (χ0v) is 14.2. The molecule has 7 heteroatoms. The van der Waals surface area contributed by atoms with Gasteiger partial charge in [0.05, 0.1) is 19.8 Å². The summed E-state index contributed by atoms with van der Waals surface area (Å²) in [6, 6.07) is 12.1. The summed E-state index contributed by atoms with van der Waals surface area (Å²) in [5, 5.41) is 11.9. The molecule has 2 aromatic carbocycles. The largest absolute Gasteiger partial charge is 0.508 e. The molecule has 0 saturated carbocycles. The van der Waals surface area contributed by atoms with E-state index in [2.05, 4.69) is 14.8 Å². The van der Waals surface area contributed by atoms with Crippen molar-refractivity contribution in [2.45, 2.75) is 0 Å². The summed E-state index contributed by atoms with van der Waals surface area (Å²) in [5.41, 5.74) is 0.870. The molecule has 0 saturated heterocycles. The summed E-state index contributed by atoms with van der Waals surface area (Å²) in [4.78, 5) is 36.0. The lowest BCUT2D eigenvalue weighted by Crippen LogP contribution is -2.21. The first-order valence-electron chi connectivity index (χ1n) is 7.53. The van der Waals surface area contributed by atoms with E-state index in [9.17, 15) is 19.5 Å². The van der Waals surface area contributed by atoms with Crippen LogP contribution in [0.5, 0.6) is 5.75 Å². The van der Waals surface area contributed by atoms with Gasteiger partial charge in [0.25, 0.3) is 5.91 Å². The van der Waals surface area contributed by atoms with Crippen LogP contribution in [0, 0.1) is 0 Å². The molecule has 0 unspecified atom stereocenters. The molecule has 0 aromatic heterocycles. The lowest BCUT2D eigenvalue weighted by molar-refractivity contribution is -0.137. The molecular weight excluding hydrogens is 338 g/mol. The Labute approximate surface area is 149 Å². The molecule has 2 aromatic rings. The van der Waals surface area contributed by atoms with Crippen LogP contribution < -0.4 is 5.32 Å². The number of aromatic hydroxyl groups is 1. The van der Waals surface area contributed by atoms with Gasteiger partial charge in [-0.25, -0.2) is 9.59 Å². The molecule has 0 bridgehead atoms. The van der Waals surface area contributed by atoms with Crippen molar-refractivity contribution in [2.75, 3.05) is 19.5 Å². The van der Waals surface area contributed by atoms with Crippen LogP contribution >= 0.6 is 0 Å². The van der Waals surface area contributed by atoms with Gasteiger partial charge in [0.2, 0.25) is 0 Å². The van der Waals surface area contributed by atoms with Gasteiger partial charge < -0.3 is 19.9 Å². The highest BCUT2D eigenvalue weighted by molar-refractivity contribution is 6.24. The van der Waals surface area contributed by atoms with E-state index in [1.807, 2.05) is 0 Å². The average molecular weight is 355 g/mol. The quantitative estimate of drug-likeness (QED) is 0.369. The SMILES string of the molecule is COC(=O)C(=Cc1ccc(O)cc1)C(=O)Nc1cccc(C(=O)OC)c1. The molecule has 0 spiro atoms. The van der Waals surface area contributed by atoms with Crippen LogP contribution in [-0.2, 0) is 19.1 Å². The van der Waals surface area contributed by atoms with E-state index in [1.165, 1.54) is 37.5 Å². The minimum atomic E-state index is -0.820. The van der Waals surface area contributed by atoms with Crippen LogP contribution in [-0.4, -0.2) is 37.2 Å². The van der Waals surface area contributed by atoms with E-state index in [-0.39, 0.29) is 16.9 Å². The van der Waals surface area contributed by atoms with Crippen molar-refractivity contribution in [3.05, 3.63) is 65.2 Å². The summed E-state index contributed by atoms with van der Waals surface area (Å²) in [6.45, 7) is 0. The number of methoxy groups -OCH3 is 2. The third-order valence-corrected chi connectivity index (χ3v) is 3.40. The van der Waals surface area contributed by atoms with Crippen LogP contribution in [0.3, 0.4) is 0 Å². The molecule has 0 radical (unpaired) electrons. The Morgan fingerprint density at radius 3 is 2.31 bits per heavy atom. The number of carbonyl (C=O) groups is 3.